The Morgan fingerprint density at radius 3 is 2.52 bits per heavy atom. The quantitative estimate of drug-likeness (QED) is 0.901. The van der Waals surface area contributed by atoms with E-state index in [1.165, 1.54) is 0 Å². The normalized spacial score (nSPS) is 11.3. The number of nitriles is 1. The van der Waals surface area contributed by atoms with Gasteiger partial charge in [0.2, 0.25) is 0 Å². The van der Waals surface area contributed by atoms with Gasteiger partial charge in [0.15, 0.2) is 0 Å². The van der Waals surface area contributed by atoms with Gasteiger partial charge in [-0.1, -0.05) is 26.0 Å². The number of rotatable bonds is 4. The Hall–Kier alpha value is -2.60. The number of aromatic nitrogens is 1. The Bertz CT molecular complexity index is 795. The van der Waals surface area contributed by atoms with E-state index in [4.69, 9.17) is 5.73 Å². The fourth-order valence-corrected chi connectivity index (χ4v) is 2.96. The molecule has 0 fully saturated rings. The molecule has 0 aliphatic rings. The summed E-state index contributed by atoms with van der Waals surface area (Å²) in [6, 6.07) is 6.34. The number of hydrogen-bond donors (Lipinski definition) is 1. The van der Waals surface area contributed by atoms with Gasteiger partial charge >= 0.3 is 0 Å². The van der Waals surface area contributed by atoms with Crippen molar-refractivity contribution >= 4 is 11.3 Å². The van der Waals surface area contributed by atoms with Gasteiger partial charge in [-0.15, -0.1) is 0 Å². The first kappa shape index (κ1) is 16.8. The van der Waals surface area contributed by atoms with Crippen molar-refractivity contribution in [2.24, 2.45) is 0 Å². The molecule has 0 saturated heterocycles. The van der Waals surface area contributed by atoms with Crippen LogP contribution in [0.4, 0.5) is 5.69 Å². The third-order valence-corrected chi connectivity index (χ3v) is 4.12. The summed E-state index contributed by atoms with van der Waals surface area (Å²) in [6.45, 7) is 8.26. The second-order valence-corrected chi connectivity index (χ2v) is 5.73. The summed E-state index contributed by atoms with van der Waals surface area (Å²) in [7, 11) is 0. The molecule has 0 saturated carbocycles. The number of nitrogens with two attached hydrogens (primary N) is 1. The lowest BCUT2D eigenvalue weighted by atomic mass is 9.88. The Morgan fingerprint density at radius 2 is 1.91 bits per heavy atom. The number of allylic oxidation sites excluding steroid dienone is 1. The van der Waals surface area contributed by atoms with Crippen LogP contribution in [0.1, 0.15) is 53.6 Å². The standard InChI is InChI=1S/C20H23N3/c1-5-7-17(19-11-23-12-20(22)16(19)6-2)18-9-15(10-21)13(3)8-14(18)4/h7-9,11-12H,5-6,22H2,1-4H3/b17-7+. The van der Waals surface area contributed by atoms with E-state index in [9.17, 15) is 5.26 Å². The van der Waals surface area contributed by atoms with Gasteiger partial charge in [0.1, 0.15) is 0 Å². The summed E-state index contributed by atoms with van der Waals surface area (Å²) in [5.74, 6) is 0. The van der Waals surface area contributed by atoms with E-state index >= 15 is 0 Å². The number of hydrogen-bond acceptors (Lipinski definition) is 3. The summed E-state index contributed by atoms with van der Waals surface area (Å²) in [5, 5.41) is 9.36. The molecule has 23 heavy (non-hydrogen) atoms. The van der Waals surface area contributed by atoms with Crippen molar-refractivity contribution in [2.45, 2.75) is 40.5 Å². The van der Waals surface area contributed by atoms with E-state index in [1.807, 2.05) is 19.2 Å². The summed E-state index contributed by atoms with van der Waals surface area (Å²) in [5.41, 5.74) is 14.1. The van der Waals surface area contributed by atoms with Crippen LogP contribution < -0.4 is 5.73 Å². The average molecular weight is 305 g/mol. The Balaban J connectivity index is 2.74. The van der Waals surface area contributed by atoms with E-state index in [2.05, 4.69) is 44.0 Å². The monoisotopic (exact) mass is 305 g/mol. The van der Waals surface area contributed by atoms with Crippen LogP contribution in [0, 0.1) is 25.2 Å². The molecular weight excluding hydrogens is 282 g/mol. The van der Waals surface area contributed by atoms with Gasteiger partial charge in [-0.05, 0) is 60.6 Å². The highest BCUT2D eigenvalue weighted by atomic mass is 14.7. The van der Waals surface area contributed by atoms with E-state index in [1.54, 1.807) is 6.20 Å². The second kappa shape index (κ2) is 7.11. The molecule has 1 heterocycles. The van der Waals surface area contributed by atoms with Crippen molar-refractivity contribution in [1.82, 2.24) is 4.98 Å². The fourth-order valence-electron chi connectivity index (χ4n) is 2.96. The molecule has 2 rings (SSSR count). The van der Waals surface area contributed by atoms with Gasteiger partial charge in [-0.25, -0.2) is 0 Å². The molecular formula is C20H23N3. The first-order chi connectivity index (χ1) is 11.0. The third-order valence-electron chi connectivity index (χ3n) is 4.12. The minimum Gasteiger partial charge on any atom is -0.397 e. The summed E-state index contributed by atoms with van der Waals surface area (Å²) >= 11 is 0. The molecule has 2 N–H and O–H groups in total. The maximum atomic E-state index is 9.36. The van der Waals surface area contributed by atoms with Crippen LogP contribution in [-0.2, 0) is 6.42 Å². The molecule has 0 radical (unpaired) electrons. The maximum Gasteiger partial charge on any atom is 0.0994 e. The first-order valence-electron chi connectivity index (χ1n) is 7.98. The zero-order chi connectivity index (χ0) is 17.0. The lowest BCUT2D eigenvalue weighted by Gasteiger charge is -2.17. The van der Waals surface area contributed by atoms with Gasteiger partial charge in [-0.2, -0.15) is 5.26 Å². The molecule has 3 nitrogen and oxygen atoms in total. The Labute approximate surface area is 138 Å². The van der Waals surface area contributed by atoms with Crippen molar-refractivity contribution in [1.29, 1.82) is 5.26 Å². The molecule has 3 heteroatoms. The molecule has 0 bridgehead atoms. The largest absolute Gasteiger partial charge is 0.397 e. The zero-order valence-electron chi connectivity index (χ0n) is 14.3. The SMILES string of the molecule is CC/C=C(\c1cc(C#N)c(C)cc1C)c1cncc(N)c1CC. The van der Waals surface area contributed by atoms with E-state index < -0.39 is 0 Å². The van der Waals surface area contributed by atoms with Crippen LogP contribution in [0.15, 0.2) is 30.6 Å². The molecule has 2 aromatic rings. The van der Waals surface area contributed by atoms with Gasteiger partial charge in [-0.3, -0.25) is 4.98 Å². The highest BCUT2D eigenvalue weighted by molar-refractivity contribution is 5.84. The number of benzene rings is 1. The molecule has 1 aromatic carbocycles. The third kappa shape index (κ3) is 3.27. The zero-order valence-corrected chi connectivity index (χ0v) is 14.3. The van der Waals surface area contributed by atoms with Crippen LogP contribution in [0.5, 0.6) is 0 Å². The lowest BCUT2D eigenvalue weighted by molar-refractivity contribution is 1.10. The molecule has 0 aliphatic heterocycles. The van der Waals surface area contributed by atoms with Gasteiger partial charge < -0.3 is 5.73 Å². The van der Waals surface area contributed by atoms with Gasteiger partial charge in [0.05, 0.1) is 23.5 Å². The predicted molar refractivity (Wildman–Crippen MR) is 96.0 cm³/mol. The van der Waals surface area contributed by atoms with Crippen molar-refractivity contribution in [2.75, 3.05) is 5.73 Å². The average Bonchev–Trinajstić information content (AvgIpc) is 2.53. The number of anilines is 1. The lowest BCUT2D eigenvalue weighted by Crippen LogP contribution is -2.03. The topological polar surface area (TPSA) is 62.7 Å². The molecule has 118 valence electrons. The predicted octanol–water partition coefficient (Wildman–Crippen LogP) is 4.56. The van der Waals surface area contributed by atoms with E-state index in [-0.39, 0.29) is 0 Å². The molecule has 0 unspecified atom stereocenters. The minimum absolute atomic E-state index is 0.711. The van der Waals surface area contributed by atoms with Gasteiger partial charge in [0.25, 0.3) is 0 Å². The van der Waals surface area contributed by atoms with Crippen LogP contribution in [0.3, 0.4) is 0 Å². The number of nitrogens with zero attached hydrogens (tertiary/aromatic N) is 2. The molecule has 1 aromatic heterocycles. The minimum atomic E-state index is 0.711. The highest BCUT2D eigenvalue weighted by Crippen LogP contribution is 2.32. The van der Waals surface area contributed by atoms with E-state index in [0.717, 1.165) is 51.9 Å². The summed E-state index contributed by atoms with van der Waals surface area (Å²) in [6.07, 6.45) is 7.52. The smallest absolute Gasteiger partial charge is 0.0994 e. The molecule has 0 atom stereocenters. The number of nitrogen functional groups attached to an aromatic ring is 1. The molecule has 0 spiro atoms. The highest BCUT2D eigenvalue weighted by Gasteiger charge is 2.15. The fraction of sp³-hybridized carbons (Fsp3) is 0.300. The van der Waals surface area contributed by atoms with Crippen molar-refractivity contribution < 1.29 is 0 Å². The first-order valence-corrected chi connectivity index (χ1v) is 7.98. The van der Waals surface area contributed by atoms with Gasteiger partial charge in [0, 0.05) is 11.8 Å². The summed E-state index contributed by atoms with van der Waals surface area (Å²) in [4.78, 5) is 4.28. The Morgan fingerprint density at radius 1 is 1.17 bits per heavy atom. The van der Waals surface area contributed by atoms with Crippen LogP contribution in [0.2, 0.25) is 0 Å². The van der Waals surface area contributed by atoms with Crippen molar-refractivity contribution in [3.63, 3.8) is 0 Å². The van der Waals surface area contributed by atoms with Crippen LogP contribution >= 0.6 is 0 Å². The maximum absolute atomic E-state index is 9.36. The number of aryl methyl sites for hydroxylation is 2. The van der Waals surface area contributed by atoms with E-state index in [0.29, 0.717) is 5.56 Å². The van der Waals surface area contributed by atoms with Crippen LogP contribution in [0.25, 0.3) is 5.57 Å². The molecule has 0 aliphatic carbocycles. The molecule has 0 amide bonds. The number of pyridine rings is 1. The van der Waals surface area contributed by atoms with Crippen molar-refractivity contribution in [3.05, 3.63) is 64.0 Å². The van der Waals surface area contributed by atoms with Crippen molar-refractivity contribution in [3.8, 4) is 6.07 Å². The summed E-state index contributed by atoms with van der Waals surface area (Å²) < 4.78 is 0. The Kier molecular flexibility index (Phi) is 5.18. The second-order valence-electron chi connectivity index (χ2n) is 5.73. The van der Waals surface area contributed by atoms with Crippen LogP contribution in [-0.4, -0.2) is 4.98 Å².